The predicted octanol–water partition coefficient (Wildman–Crippen LogP) is 2.34. The summed E-state index contributed by atoms with van der Waals surface area (Å²) in [6.07, 6.45) is 4.42. The first-order chi connectivity index (χ1) is 7.78. The molecule has 1 saturated heterocycles. The maximum atomic E-state index is 5.77. The number of likely N-dealkylation sites (N-methyl/N-ethyl adjacent to an activating group) is 1. The number of nitrogens with one attached hydrogen (secondary N) is 1. The molecule has 0 saturated carbocycles. The molecule has 1 aromatic heterocycles. The van der Waals surface area contributed by atoms with Crippen molar-refractivity contribution in [3.05, 3.63) is 29.0 Å². The van der Waals surface area contributed by atoms with E-state index < -0.39 is 0 Å². The van der Waals surface area contributed by atoms with Gasteiger partial charge in [-0.05, 0) is 38.1 Å². The number of hydrogen-bond acceptors (Lipinski definition) is 3. The van der Waals surface area contributed by atoms with Crippen molar-refractivity contribution in [2.75, 3.05) is 20.1 Å². The zero-order chi connectivity index (χ0) is 11.4. The van der Waals surface area contributed by atoms with E-state index in [4.69, 9.17) is 11.6 Å². The number of halogens is 2. The molecule has 1 unspecified atom stereocenters. The number of aromatic nitrogens is 1. The lowest BCUT2D eigenvalue weighted by Gasteiger charge is -2.32. The van der Waals surface area contributed by atoms with E-state index in [1.165, 1.54) is 24.9 Å². The minimum atomic E-state index is 0. The molecule has 17 heavy (non-hydrogen) atoms. The predicted molar refractivity (Wildman–Crippen MR) is 73.9 cm³/mol. The molecule has 0 bridgehead atoms. The van der Waals surface area contributed by atoms with Crippen LogP contribution in [0.1, 0.15) is 18.4 Å². The van der Waals surface area contributed by atoms with Gasteiger partial charge >= 0.3 is 0 Å². The summed E-state index contributed by atoms with van der Waals surface area (Å²) in [5, 5.41) is 3.92. The molecule has 0 spiro atoms. The smallest absolute Gasteiger partial charge is 0.129 e. The molecule has 5 heteroatoms. The maximum Gasteiger partial charge on any atom is 0.129 e. The highest BCUT2D eigenvalue weighted by molar-refractivity contribution is 6.29. The van der Waals surface area contributed by atoms with Crippen LogP contribution in [0.25, 0.3) is 0 Å². The van der Waals surface area contributed by atoms with E-state index >= 15 is 0 Å². The summed E-state index contributed by atoms with van der Waals surface area (Å²) in [7, 11) is 2.04. The van der Waals surface area contributed by atoms with E-state index in [0.29, 0.717) is 11.2 Å². The largest absolute Gasteiger partial charge is 0.316 e. The number of piperidine rings is 1. The number of likely N-dealkylation sites (tertiary alicyclic amines) is 1. The fourth-order valence-electron chi connectivity index (χ4n) is 2.19. The average molecular weight is 276 g/mol. The van der Waals surface area contributed by atoms with E-state index in [-0.39, 0.29) is 12.4 Å². The van der Waals surface area contributed by atoms with Crippen LogP contribution in [0.5, 0.6) is 0 Å². The summed E-state index contributed by atoms with van der Waals surface area (Å²) in [6, 6.07) is 4.54. The van der Waals surface area contributed by atoms with Gasteiger partial charge < -0.3 is 5.32 Å². The Morgan fingerprint density at radius 3 is 3.00 bits per heavy atom. The quantitative estimate of drug-likeness (QED) is 0.859. The summed E-state index contributed by atoms with van der Waals surface area (Å²) in [6.45, 7) is 3.28. The third kappa shape index (κ3) is 4.43. The first-order valence-electron chi connectivity index (χ1n) is 5.78. The van der Waals surface area contributed by atoms with Crippen LogP contribution in [-0.2, 0) is 6.54 Å². The molecule has 0 aromatic carbocycles. The van der Waals surface area contributed by atoms with Gasteiger partial charge in [-0.1, -0.05) is 17.7 Å². The van der Waals surface area contributed by atoms with E-state index in [9.17, 15) is 0 Å². The van der Waals surface area contributed by atoms with E-state index in [0.717, 1.165) is 13.1 Å². The Balaban J connectivity index is 0.00000144. The van der Waals surface area contributed by atoms with E-state index in [1.807, 2.05) is 19.3 Å². The third-order valence-corrected chi connectivity index (χ3v) is 3.33. The summed E-state index contributed by atoms with van der Waals surface area (Å²) in [4.78, 5) is 6.57. The Kier molecular flexibility index (Phi) is 6.20. The van der Waals surface area contributed by atoms with Crippen LogP contribution in [0.4, 0.5) is 0 Å². The molecule has 2 heterocycles. The second kappa shape index (κ2) is 7.17. The molecule has 1 aliphatic rings. The van der Waals surface area contributed by atoms with Gasteiger partial charge in [0.1, 0.15) is 5.15 Å². The zero-order valence-corrected chi connectivity index (χ0v) is 11.6. The van der Waals surface area contributed by atoms with Gasteiger partial charge in [0, 0.05) is 25.3 Å². The van der Waals surface area contributed by atoms with Gasteiger partial charge in [0.15, 0.2) is 0 Å². The van der Waals surface area contributed by atoms with Crippen LogP contribution in [0.3, 0.4) is 0 Å². The van der Waals surface area contributed by atoms with Gasteiger partial charge in [0.2, 0.25) is 0 Å². The lowest BCUT2D eigenvalue weighted by Crippen LogP contribution is -2.43. The van der Waals surface area contributed by atoms with Crippen LogP contribution < -0.4 is 5.32 Å². The fraction of sp³-hybridized carbons (Fsp3) is 0.583. The molecule has 1 aliphatic heterocycles. The van der Waals surface area contributed by atoms with Crippen molar-refractivity contribution in [1.82, 2.24) is 15.2 Å². The van der Waals surface area contributed by atoms with Crippen molar-refractivity contribution in [3.8, 4) is 0 Å². The molecule has 2 rings (SSSR count). The number of pyridine rings is 1. The second-order valence-corrected chi connectivity index (χ2v) is 4.74. The Bertz CT molecular complexity index is 329. The summed E-state index contributed by atoms with van der Waals surface area (Å²) in [5.74, 6) is 0. The van der Waals surface area contributed by atoms with Crippen LogP contribution >= 0.6 is 24.0 Å². The fourth-order valence-corrected chi connectivity index (χ4v) is 2.30. The van der Waals surface area contributed by atoms with E-state index in [1.54, 1.807) is 0 Å². The molecule has 0 aliphatic carbocycles. The highest BCUT2D eigenvalue weighted by atomic mass is 35.5. The minimum absolute atomic E-state index is 0. The zero-order valence-electron chi connectivity index (χ0n) is 10.0. The monoisotopic (exact) mass is 275 g/mol. The normalized spacial score (nSPS) is 20.9. The van der Waals surface area contributed by atoms with Crippen molar-refractivity contribution < 1.29 is 0 Å². The number of hydrogen-bond donors (Lipinski definition) is 1. The van der Waals surface area contributed by atoms with Gasteiger partial charge in [-0.2, -0.15) is 0 Å². The van der Waals surface area contributed by atoms with Crippen LogP contribution in [0.2, 0.25) is 5.15 Å². The molecule has 1 atom stereocenters. The van der Waals surface area contributed by atoms with Crippen LogP contribution in [-0.4, -0.2) is 36.1 Å². The van der Waals surface area contributed by atoms with E-state index in [2.05, 4.69) is 21.3 Å². The molecule has 1 N–H and O–H groups in total. The molecule has 96 valence electrons. The van der Waals surface area contributed by atoms with Crippen LogP contribution in [0, 0.1) is 0 Å². The molecular weight excluding hydrogens is 257 g/mol. The molecule has 1 aromatic rings. The van der Waals surface area contributed by atoms with Crippen molar-refractivity contribution in [3.63, 3.8) is 0 Å². The highest BCUT2D eigenvalue weighted by Crippen LogP contribution is 2.14. The summed E-state index contributed by atoms with van der Waals surface area (Å²) < 4.78 is 0. The van der Waals surface area contributed by atoms with Crippen molar-refractivity contribution >= 4 is 24.0 Å². The van der Waals surface area contributed by atoms with Crippen molar-refractivity contribution in [2.45, 2.75) is 25.4 Å². The maximum absolute atomic E-state index is 5.77. The SMILES string of the molecule is CNC1CCCN(Cc2ccc(Cl)nc2)C1.Cl. The van der Waals surface area contributed by atoms with Gasteiger partial charge in [-0.3, -0.25) is 4.90 Å². The minimum Gasteiger partial charge on any atom is -0.316 e. The number of rotatable bonds is 3. The summed E-state index contributed by atoms with van der Waals surface area (Å²) >= 11 is 5.77. The highest BCUT2D eigenvalue weighted by Gasteiger charge is 2.18. The molecule has 3 nitrogen and oxygen atoms in total. The lowest BCUT2D eigenvalue weighted by atomic mass is 10.1. The Morgan fingerprint density at radius 2 is 2.35 bits per heavy atom. The molecule has 0 amide bonds. The third-order valence-electron chi connectivity index (χ3n) is 3.11. The molecule has 0 radical (unpaired) electrons. The van der Waals surface area contributed by atoms with Gasteiger partial charge in [0.05, 0.1) is 0 Å². The molecular formula is C12H19Cl2N3. The van der Waals surface area contributed by atoms with Gasteiger partial charge in [0.25, 0.3) is 0 Å². The van der Waals surface area contributed by atoms with Gasteiger partial charge in [-0.15, -0.1) is 12.4 Å². The Morgan fingerprint density at radius 1 is 1.53 bits per heavy atom. The Labute approximate surface area is 114 Å². The Hall–Kier alpha value is -0.350. The topological polar surface area (TPSA) is 28.2 Å². The van der Waals surface area contributed by atoms with Gasteiger partial charge in [-0.25, -0.2) is 4.98 Å². The average Bonchev–Trinajstić information content (AvgIpc) is 2.32. The standard InChI is InChI=1S/C12H18ClN3.ClH/c1-14-11-3-2-6-16(9-11)8-10-4-5-12(13)15-7-10;/h4-5,7,11,14H,2-3,6,8-9H2,1H3;1H. The lowest BCUT2D eigenvalue weighted by molar-refractivity contribution is 0.188. The van der Waals surface area contributed by atoms with Crippen molar-refractivity contribution in [1.29, 1.82) is 0 Å². The van der Waals surface area contributed by atoms with Crippen LogP contribution in [0.15, 0.2) is 18.3 Å². The van der Waals surface area contributed by atoms with Crippen molar-refractivity contribution in [2.24, 2.45) is 0 Å². The molecule has 1 fully saturated rings. The first kappa shape index (κ1) is 14.7. The second-order valence-electron chi connectivity index (χ2n) is 4.35. The number of nitrogens with zero attached hydrogens (tertiary/aromatic N) is 2. The first-order valence-corrected chi connectivity index (χ1v) is 6.16. The summed E-state index contributed by atoms with van der Waals surface area (Å²) in [5.41, 5.74) is 1.24.